The van der Waals surface area contributed by atoms with Gasteiger partial charge in [0.2, 0.25) is 0 Å². The summed E-state index contributed by atoms with van der Waals surface area (Å²) in [7, 11) is 0. The van der Waals surface area contributed by atoms with E-state index in [1.807, 2.05) is 47.0 Å². The van der Waals surface area contributed by atoms with Crippen LogP contribution in [-0.4, -0.2) is 49.3 Å². The number of aromatic nitrogens is 3. The number of ether oxygens (including phenoxy) is 1. The van der Waals surface area contributed by atoms with Crippen molar-refractivity contribution in [3.05, 3.63) is 89.7 Å². The van der Waals surface area contributed by atoms with Crippen LogP contribution in [0, 0.1) is 17.7 Å². The van der Waals surface area contributed by atoms with E-state index in [9.17, 15) is 14.7 Å². The van der Waals surface area contributed by atoms with Crippen molar-refractivity contribution in [2.75, 3.05) is 13.1 Å². The third-order valence-electron chi connectivity index (χ3n) is 8.08. The average molecular weight is 553 g/mol. The lowest BCUT2D eigenvalue weighted by Crippen LogP contribution is -2.51. The summed E-state index contributed by atoms with van der Waals surface area (Å²) in [6, 6.07) is 22.3. The summed E-state index contributed by atoms with van der Waals surface area (Å²) in [6.45, 7) is 2.45. The van der Waals surface area contributed by atoms with Gasteiger partial charge in [0.1, 0.15) is 17.9 Å². The highest BCUT2D eigenvalue weighted by atomic mass is 19.1. The summed E-state index contributed by atoms with van der Waals surface area (Å²) in [5.74, 6) is -0.561. The Morgan fingerprint density at radius 1 is 0.927 bits per heavy atom. The lowest BCUT2D eigenvalue weighted by atomic mass is 10.0. The van der Waals surface area contributed by atoms with Crippen LogP contribution in [0.4, 0.5) is 9.18 Å². The third-order valence-corrected chi connectivity index (χ3v) is 8.08. The molecule has 3 heterocycles. The van der Waals surface area contributed by atoms with Crippen LogP contribution in [0.3, 0.4) is 0 Å². The number of para-hydroxylation sites is 1. The van der Waals surface area contributed by atoms with Gasteiger partial charge in [-0.05, 0) is 48.6 Å². The van der Waals surface area contributed by atoms with Crippen molar-refractivity contribution in [3.63, 3.8) is 0 Å². The number of fused-ring (bicyclic) bond motifs is 2. The fourth-order valence-electron chi connectivity index (χ4n) is 5.77. The standard InChI is InChI=1S/C32H29FN4O4/c33-25-12-24(31(38)39)13-26-29(25)37(18-22-15-35(16-22)32(40)41-19-21-6-2-1-3-7-21)30(34-26)28-14-23-8-4-5-9-27(23)36(28)17-20-10-11-20/h1-9,12-14,20,22H,10-11,15-19H2,(H,38,39). The van der Waals surface area contributed by atoms with Gasteiger partial charge in [0, 0.05) is 43.0 Å². The number of nitrogens with zero attached hydrogens (tertiary/aromatic N) is 4. The van der Waals surface area contributed by atoms with E-state index in [2.05, 4.69) is 22.8 Å². The Balaban J connectivity index is 1.21. The second-order valence-electron chi connectivity index (χ2n) is 11.1. The zero-order chi connectivity index (χ0) is 28.1. The number of carboxylic acid groups (broad SMARTS) is 1. The summed E-state index contributed by atoms with van der Waals surface area (Å²) >= 11 is 0. The van der Waals surface area contributed by atoms with Gasteiger partial charge in [-0.2, -0.15) is 0 Å². The molecule has 0 atom stereocenters. The van der Waals surface area contributed by atoms with Crippen molar-refractivity contribution < 1.29 is 23.8 Å². The highest BCUT2D eigenvalue weighted by Gasteiger charge is 2.34. The van der Waals surface area contributed by atoms with Crippen LogP contribution in [0.5, 0.6) is 0 Å². The summed E-state index contributed by atoms with van der Waals surface area (Å²) in [5, 5.41) is 10.6. The normalized spacial score (nSPS) is 15.4. The minimum Gasteiger partial charge on any atom is -0.478 e. The summed E-state index contributed by atoms with van der Waals surface area (Å²) < 4.78 is 25.1. The maximum Gasteiger partial charge on any atom is 0.410 e. The topological polar surface area (TPSA) is 89.6 Å². The van der Waals surface area contributed by atoms with E-state index in [-0.39, 0.29) is 29.7 Å². The first kappa shape index (κ1) is 25.3. The molecular weight excluding hydrogens is 523 g/mol. The van der Waals surface area contributed by atoms with Crippen LogP contribution in [0.1, 0.15) is 28.8 Å². The SMILES string of the molecule is O=C(O)c1cc(F)c2c(c1)nc(-c1cc3ccccc3n1CC1CC1)n2CC1CN(C(=O)OCc2ccccc2)C1. The van der Waals surface area contributed by atoms with Gasteiger partial charge in [0.15, 0.2) is 5.82 Å². The molecule has 0 bridgehead atoms. The van der Waals surface area contributed by atoms with E-state index < -0.39 is 11.8 Å². The van der Waals surface area contributed by atoms with E-state index in [1.165, 1.54) is 18.9 Å². The van der Waals surface area contributed by atoms with Gasteiger partial charge < -0.3 is 23.9 Å². The highest BCUT2D eigenvalue weighted by Crippen LogP contribution is 2.37. The molecule has 208 valence electrons. The number of carbonyl (C=O) groups excluding carboxylic acids is 1. The van der Waals surface area contributed by atoms with Crippen LogP contribution in [-0.2, 0) is 24.4 Å². The maximum atomic E-state index is 15.5. The van der Waals surface area contributed by atoms with E-state index in [4.69, 9.17) is 9.72 Å². The summed E-state index contributed by atoms with van der Waals surface area (Å²) in [4.78, 5) is 30.8. The van der Waals surface area contributed by atoms with Crippen LogP contribution < -0.4 is 0 Å². The molecule has 3 aromatic carbocycles. The van der Waals surface area contributed by atoms with Gasteiger partial charge in [-0.15, -0.1) is 0 Å². The molecule has 1 amide bonds. The number of carbonyl (C=O) groups is 2. The number of amides is 1. The van der Waals surface area contributed by atoms with Gasteiger partial charge in [-0.3, -0.25) is 0 Å². The molecule has 7 rings (SSSR count). The number of hydrogen-bond acceptors (Lipinski definition) is 4. The molecule has 1 saturated carbocycles. The molecule has 1 aliphatic carbocycles. The molecule has 9 heteroatoms. The Morgan fingerprint density at radius 2 is 1.66 bits per heavy atom. The first-order chi connectivity index (χ1) is 19.9. The van der Waals surface area contributed by atoms with Crippen LogP contribution in [0.2, 0.25) is 0 Å². The van der Waals surface area contributed by atoms with Crippen molar-refractivity contribution in [2.45, 2.75) is 32.5 Å². The average Bonchev–Trinajstić information content (AvgIpc) is 3.59. The fourth-order valence-corrected chi connectivity index (χ4v) is 5.77. The minimum atomic E-state index is -1.20. The van der Waals surface area contributed by atoms with E-state index in [0.29, 0.717) is 36.9 Å². The molecule has 8 nitrogen and oxygen atoms in total. The molecule has 0 spiro atoms. The number of carboxylic acids is 1. The number of halogens is 1. The number of hydrogen-bond donors (Lipinski definition) is 1. The van der Waals surface area contributed by atoms with Crippen molar-refractivity contribution in [2.24, 2.45) is 11.8 Å². The van der Waals surface area contributed by atoms with Crippen LogP contribution in [0.15, 0.2) is 72.8 Å². The lowest BCUT2D eigenvalue weighted by molar-refractivity contribution is 0.0451. The van der Waals surface area contributed by atoms with Crippen molar-refractivity contribution in [3.8, 4) is 11.5 Å². The van der Waals surface area contributed by atoms with Gasteiger partial charge >= 0.3 is 12.1 Å². The Labute approximate surface area is 235 Å². The molecule has 0 unspecified atom stereocenters. The Kier molecular flexibility index (Phi) is 6.22. The number of imidazole rings is 1. The number of rotatable bonds is 8. The molecule has 41 heavy (non-hydrogen) atoms. The third kappa shape index (κ3) is 4.81. The first-order valence-electron chi connectivity index (χ1n) is 13.9. The fraction of sp³-hybridized carbons (Fsp3) is 0.281. The second kappa shape index (κ2) is 10.1. The molecule has 5 aromatic rings. The zero-order valence-corrected chi connectivity index (χ0v) is 22.4. The number of benzene rings is 3. The van der Waals surface area contributed by atoms with Crippen LogP contribution >= 0.6 is 0 Å². The van der Waals surface area contributed by atoms with E-state index >= 15 is 4.39 Å². The maximum absolute atomic E-state index is 15.5. The van der Waals surface area contributed by atoms with E-state index in [1.54, 1.807) is 4.90 Å². The first-order valence-corrected chi connectivity index (χ1v) is 13.9. The molecule has 0 radical (unpaired) electrons. The molecular formula is C32H29FN4O4. The quantitative estimate of drug-likeness (QED) is 0.249. The zero-order valence-electron chi connectivity index (χ0n) is 22.4. The van der Waals surface area contributed by atoms with Crippen LogP contribution in [0.25, 0.3) is 33.5 Å². The lowest BCUT2D eigenvalue weighted by Gasteiger charge is -2.38. The molecule has 2 aromatic heterocycles. The molecule has 1 aliphatic heterocycles. The molecule has 2 aliphatic rings. The summed E-state index contributed by atoms with van der Waals surface area (Å²) in [5.41, 5.74) is 3.34. The Hall–Kier alpha value is -4.66. The smallest absolute Gasteiger partial charge is 0.410 e. The van der Waals surface area contributed by atoms with E-state index in [0.717, 1.165) is 34.8 Å². The Bertz CT molecular complexity index is 1780. The summed E-state index contributed by atoms with van der Waals surface area (Å²) in [6.07, 6.45) is 1.98. The number of aromatic carboxylic acids is 1. The van der Waals surface area contributed by atoms with Gasteiger partial charge in [-0.1, -0.05) is 48.5 Å². The van der Waals surface area contributed by atoms with Crippen molar-refractivity contribution in [1.82, 2.24) is 19.0 Å². The molecule has 1 N–H and O–H groups in total. The molecule has 1 saturated heterocycles. The largest absolute Gasteiger partial charge is 0.478 e. The molecule has 2 fully saturated rings. The van der Waals surface area contributed by atoms with Gasteiger partial charge in [0.05, 0.1) is 16.8 Å². The van der Waals surface area contributed by atoms with Crippen molar-refractivity contribution in [1.29, 1.82) is 0 Å². The predicted octanol–water partition coefficient (Wildman–Crippen LogP) is 6.17. The minimum absolute atomic E-state index is 0.0650. The van der Waals surface area contributed by atoms with Crippen molar-refractivity contribution >= 4 is 34.0 Å². The second-order valence-corrected chi connectivity index (χ2v) is 11.1. The monoisotopic (exact) mass is 552 g/mol. The van der Waals surface area contributed by atoms with Gasteiger partial charge in [0.25, 0.3) is 0 Å². The highest BCUT2D eigenvalue weighted by molar-refractivity contribution is 5.94. The van der Waals surface area contributed by atoms with Gasteiger partial charge in [-0.25, -0.2) is 19.0 Å². The predicted molar refractivity (Wildman–Crippen MR) is 152 cm³/mol. The number of likely N-dealkylation sites (tertiary alicyclic amines) is 1. The Morgan fingerprint density at radius 3 is 2.41 bits per heavy atom.